The molecular weight excluding hydrogens is 361 g/mol. The normalized spacial score (nSPS) is 43.4. The molecule has 1 aromatic rings. The molecular formula is C14H11Cl5O. The fourth-order valence-corrected chi connectivity index (χ4v) is 5.70. The largest absolute Gasteiger partial charge is 0.358 e. The lowest BCUT2D eigenvalue weighted by atomic mass is 9.85. The molecule has 1 fully saturated rings. The van der Waals surface area contributed by atoms with Crippen molar-refractivity contribution in [2.75, 3.05) is 7.11 Å². The fraction of sp³-hybridized carbons (Fsp3) is 0.429. The van der Waals surface area contributed by atoms with E-state index in [9.17, 15) is 0 Å². The summed E-state index contributed by atoms with van der Waals surface area (Å²) < 4.78 is 5.48. The highest BCUT2D eigenvalue weighted by molar-refractivity contribution is 6.56. The Morgan fingerprint density at radius 1 is 1.05 bits per heavy atom. The van der Waals surface area contributed by atoms with Gasteiger partial charge in [-0.2, -0.15) is 0 Å². The molecule has 0 aromatic heterocycles. The molecule has 0 spiro atoms. The van der Waals surface area contributed by atoms with Gasteiger partial charge in [-0.25, -0.2) is 0 Å². The Bertz CT molecular complexity index is 588. The Morgan fingerprint density at radius 2 is 1.65 bits per heavy atom. The number of methoxy groups -OCH3 is 1. The van der Waals surface area contributed by atoms with Gasteiger partial charge in [-0.05, 0) is 12.0 Å². The molecule has 1 aromatic carbocycles. The highest BCUT2D eigenvalue weighted by atomic mass is 35.5. The van der Waals surface area contributed by atoms with Crippen LogP contribution in [0.2, 0.25) is 0 Å². The van der Waals surface area contributed by atoms with E-state index in [0.717, 1.165) is 5.56 Å². The quantitative estimate of drug-likeness (QED) is 0.631. The van der Waals surface area contributed by atoms with Gasteiger partial charge in [0.05, 0.1) is 10.1 Å². The standard InChI is InChI=1S/C14H11Cl5O/c1-20-14(19)12(17)7-9(8-5-3-2-4-6-8)13(14,18)11(16)10(12)15/h2-6,9H,7H2,1H3/t9-,12-,13+,14-/m1/s1. The van der Waals surface area contributed by atoms with Crippen LogP contribution in [0, 0.1) is 0 Å². The maximum Gasteiger partial charge on any atom is 0.189 e. The maximum atomic E-state index is 6.82. The third kappa shape index (κ3) is 1.52. The summed E-state index contributed by atoms with van der Waals surface area (Å²) in [5.74, 6) is -0.171. The monoisotopic (exact) mass is 370 g/mol. The molecule has 2 aliphatic carbocycles. The molecule has 0 aliphatic heterocycles. The number of benzene rings is 1. The van der Waals surface area contributed by atoms with Crippen LogP contribution >= 0.6 is 58.0 Å². The van der Waals surface area contributed by atoms with Crippen molar-refractivity contribution >= 4 is 58.0 Å². The van der Waals surface area contributed by atoms with E-state index in [-0.39, 0.29) is 16.0 Å². The number of rotatable bonds is 2. The summed E-state index contributed by atoms with van der Waals surface area (Å²) in [6.07, 6.45) is 0.467. The van der Waals surface area contributed by atoms with Crippen molar-refractivity contribution < 1.29 is 4.74 Å². The van der Waals surface area contributed by atoms with Gasteiger partial charge in [-0.1, -0.05) is 65.1 Å². The Kier molecular flexibility index (Phi) is 3.57. The molecule has 0 amide bonds. The second kappa shape index (κ2) is 4.68. The van der Waals surface area contributed by atoms with Gasteiger partial charge in [0, 0.05) is 13.0 Å². The lowest BCUT2D eigenvalue weighted by Crippen LogP contribution is -2.50. The van der Waals surface area contributed by atoms with Gasteiger partial charge in [0.15, 0.2) is 5.06 Å². The molecule has 1 nitrogen and oxygen atoms in total. The minimum Gasteiger partial charge on any atom is -0.358 e. The number of hydrogen-bond donors (Lipinski definition) is 0. The van der Waals surface area contributed by atoms with Crippen molar-refractivity contribution in [2.24, 2.45) is 0 Å². The number of halogens is 5. The topological polar surface area (TPSA) is 9.23 Å². The Hall–Kier alpha value is 0.370. The molecule has 20 heavy (non-hydrogen) atoms. The first-order chi connectivity index (χ1) is 9.33. The van der Waals surface area contributed by atoms with E-state index < -0.39 is 14.8 Å². The zero-order chi connectivity index (χ0) is 14.8. The van der Waals surface area contributed by atoms with Crippen molar-refractivity contribution in [3.05, 3.63) is 46.0 Å². The lowest BCUT2D eigenvalue weighted by molar-refractivity contribution is 0.0468. The molecule has 0 unspecified atom stereocenters. The van der Waals surface area contributed by atoms with Gasteiger partial charge < -0.3 is 4.74 Å². The van der Waals surface area contributed by atoms with E-state index in [1.807, 2.05) is 30.3 Å². The molecule has 0 radical (unpaired) electrons. The average Bonchev–Trinajstić information content (AvgIpc) is 2.72. The lowest BCUT2D eigenvalue weighted by Gasteiger charge is -2.37. The molecule has 2 aliphatic rings. The van der Waals surface area contributed by atoms with Crippen LogP contribution in [0.4, 0.5) is 0 Å². The summed E-state index contributed by atoms with van der Waals surface area (Å²) in [6.45, 7) is 0. The first-order valence-electron chi connectivity index (χ1n) is 6.06. The highest BCUT2D eigenvalue weighted by Gasteiger charge is 2.79. The predicted octanol–water partition coefficient (Wildman–Crippen LogP) is 5.41. The molecule has 3 rings (SSSR count). The van der Waals surface area contributed by atoms with E-state index in [2.05, 4.69) is 0 Å². The summed E-state index contributed by atoms with van der Waals surface area (Å²) in [5.41, 5.74) is 1.01. The van der Waals surface area contributed by atoms with Crippen molar-refractivity contribution in [2.45, 2.75) is 27.1 Å². The van der Waals surface area contributed by atoms with Crippen LogP contribution in [0.25, 0.3) is 0 Å². The fourth-order valence-electron chi connectivity index (χ4n) is 3.27. The van der Waals surface area contributed by atoms with Crippen LogP contribution in [0.1, 0.15) is 17.9 Å². The van der Waals surface area contributed by atoms with E-state index in [0.29, 0.717) is 6.42 Å². The predicted molar refractivity (Wildman–Crippen MR) is 85.3 cm³/mol. The first-order valence-corrected chi connectivity index (χ1v) is 7.95. The summed E-state index contributed by atoms with van der Waals surface area (Å²) in [6, 6.07) is 9.75. The Morgan fingerprint density at radius 3 is 2.15 bits per heavy atom. The van der Waals surface area contributed by atoms with Gasteiger partial charge in [0.2, 0.25) is 0 Å². The smallest absolute Gasteiger partial charge is 0.189 e. The summed E-state index contributed by atoms with van der Waals surface area (Å²) in [7, 11) is 1.47. The van der Waals surface area contributed by atoms with Crippen molar-refractivity contribution in [3.63, 3.8) is 0 Å². The molecule has 1 saturated carbocycles. The van der Waals surface area contributed by atoms with E-state index >= 15 is 0 Å². The highest BCUT2D eigenvalue weighted by Crippen LogP contribution is 2.74. The Labute approximate surface area is 142 Å². The first kappa shape index (κ1) is 15.3. The van der Waals surface area contributed by atoms with Gasteiger partial charge in [-0.3, -0.25) is 0 Å². The zero-order valence-electron chi connectivity index (χ0n) is 10.5. The third-order valence-electron chi connectivity index (χ3n) is 4.29. The van der Waals surface area contributed by atoms with Crippen molar-refractivity contribution in [1.29, 1.82) is 0 Å². The van der Waals surface area contributed by atoms with Gasteiger partial charge in [0.1, 0.15) is 9.75 Å². The van der Waals surface area contributed by atoms with Gasteiger partial charge in [-0.15, -0.1) is 23.2 Å². The molecule has 2 bridgehead atoms. The summed E-state index contributed by atoms with van der Waals surface area (Å²) >= 11 is 32.8. The second-order valence-electron chi connectivity index (χ2n) is 5.11. The van der Waals surface area contributed by atoms with E-state index in [1.165, 1.54) is 7.11 Å². The number of hydrogen-bond acceptors (Lipinski definition) is 1. The molecule has 0 N–H and O–H groups in total. The molecule has 0 heterocycles. The molecule has 108 valence electrons. The minimum absolute atomic E-state index is 0.171. The van der Waals surface area contributed by atoms with Crippen LogP contribution in [0.3, 0.4) is 0 Å². The van der Waals surface area contributed by atoms with E-state index in [1.54, 1.807) is 0 Å². The Balaban J connectivity index is 2.21. The van der Waals surface area contributed by atoms with Gasteiger partial charge >= 0.3 is 0 Å². The minimum atomic E-state index is -1.38. The van der Waals surface area contributed by atoms with E-state index in [4.69, 9.17) is 62.7 Å². The molecule has 4 atom stereocenters. The molecule has 0 saturated heterocycles. The SMILES string of the molecule is CO[C@]1(Cl)[C@@]2(Cl)C[C@H](c3ccccc3)[C@]1(Cl)C(Cl)=C2Cl. The maximum absolute atomic E-state index is 6.82. The van der Waals surface area contributed by atoms with Gasteiger partial charge in [0.25, 0.3) is 0 Å². The molecule has 6 heteroatoms. The van der Waals surface area contributed by atoms with Crippen molar-refractivity contribution in [3.8, 4) is 0 Å². The average molecular weight is 373 g/mol. The second-order valence-corrected chi connectivity index (χ2v) is 7.64. The third-order valence-corrected chi connectivity index (χ3v) is 7.87. The van der Waals surface area contributed by atoms with Crippen LogP contribution in [0.15, 0.2) is 40.4 Å². The summed E-state index contributed by atoms with van der Waals surface area (Å²) in [5, 5.41) is -0.828. The summed E-state index contributed by atoms with van der Waals surface area (Å²) in [4.78, 5) is -2.30. The zero-order valence-corrected chi connectivity index (χ0v) is 14.2. The van der Waals surface area contributed by atoms with Crippen LogP contribution in [-0.4, -0.2) is 21.9 Å². The van der Waals surface area contributed by atoms with Crippen LogP contribution in [-0.2, 0) is 4.74 Å². The van der Waals surface area contributed by atoms with Crippen LogP contribution in [0.5, 0.6) is 0 Å². The van der Waals surface area contributed by atoms with Crippen LogP contribution < -0.4 is 0 Å². The number of ether oxygens (including phenoxy) is 1. The number of alkyl halides is 3. The number of fused-ring (bicyclic) bond motifs is 2. The van der Waals surface area contributed by atoms with Crippen molar-refractivity contribution in [1.82, 2.24) is 0 Å².